The normalized spacial score (nSPS) is 13.0. The molecule has 0 bridgehead atoms. The zero-order valence-corrected chi connectivity index (χ0v) is 15.1. The largest absolute Gasteiger partial charge is 0.497 e. The van der Waals surface area contributed by atoms with Crippen LogP contribution < -0.4 is 14.8 Å². The molecular weight excluding hydrogens is 318 g/mol. The molecule has 0 aliphatic carbocycles. The van der Waals surface area contributed by atoms with Gasteiger partial charge >= 0.3 is 5.97 Å². The molecule has 0 aliphatic rings. The minimum atomic E-state index is -0.424. The monoisotopic (exact) mass is 343 g/mol. The fourth-order valence-electron chi connectivity index (χ4n) is 2.49. The molecule has 0 heterocycles. The van der Waals surface area contributed by atoms with Crippen LogP contribution in [-0.2, 0) is 16.1 Å². The molecule has 134 valence electrons. The Morgan fingerprint density at radius 1 is 1.00 bits per heavy atom. The van der Waals surface area contributed by atoms with Crippen molar-refractivity contribution in [3.05, 3.63) is 59.7 Å². The summed E-state index contributed by atoms with van der Waals surface area (Å²) in [5, 5.41) is 3.25. The van der Waals surface area contributed by atoms with Gasteiger partial charge in [-0.1, -0.05) is 24.3 Å². The average molecular weight is 343 g/mol. The van der Waals surface area contributed by atoms with Gasteiger partial charge < -0.3 is 14.2 Å². The number of nitrogens with one attached hydrogen (secondary N) is 1. The summed E-state index contributed by atoms with van der Waals surface area (Å²) in [6.45, 7) is 4.01. The van der Waals surface area contributed by atoms with E-state index in [1.54, 1.807) is 21.1 Å². The second kappa shape index (κ2) is 9.08. The van der Waals surface area contributed by atoms with Crippen molar-refractivity contribution in [1.29, 1.82) is 0 Å². The maximum atomic E-state index is 12.2. The van der Waals surface area contributed by atoms with E-state index in [2.05, 4.69) is 5.32 Å². The van der Waals surface area contributed by atoms with E-state index >= 15 is 0 Å². The van der Waals surface area contributed by atoms with Gasteiger partial charge in [0.05, 0.1) is 14.2 Å². The van der Waals surface area contributed by atoms with Gasteiger partial charge in [0.25, 0.3) is 0 Å². The molecule has 2 aromatic carbocycles. The molecule has 25 heavy (non-hydrogen) atoms. The van der Waals surface area contributed by atoms with E-state index in [9.17, 15) is 4.79 Å². The predicted molar refractivity (Wildman–Crippen MR) is 96.8 cm³/mol. The molecular formula is C20H25NO4. The van der Waals surface area contributed by atoms with E-state index in [0.717, 1.165) is 22.6 Å². The molecule has 0 radical (unpaired) electrons. The van der Waals surface area contributed by atoms with E-state index in [4.69, 9.17) is 14.2 Å². The van der Waals surface area contributed by atoms with Crippen molar-refractivity contribution in [2.75, 3.05) is 14.2 Å². The lowest BCUT2D eigenvalue weighted by Gasteiger charge is -2.20. The Balaban J connectivity index is 1.88. The van der Waals surface area contributed by atoms with Crippen LogP contribution in [0.3, 0.4) is 0 Å². The number of methoxy groups -OCH3 is 2. The molecule has 0 spiro atoms. The number of esters is 1. The molecule has 2 aromatic rings. The van der Waals surface area contributed by atoms with Crippen molar-refractivity contribution in [2.24, 2.45) is 0 Å². The summed E-state index contributed by atoms with van der Waals surface area (Å²) in [6.07, 6.45) is 0. The molecule has 0 aliphatic heterocycles. The summed E-state index contributed by atoms with van der Waals surface area (Å²) in [5.41, 5.74) is 1.94. The first-order chi connectivity index (χ1) is 12.0. The van der Waals surface area contributed by atoms with Crippen LogP contribution in [0.2, 0.25) is 0 Å². The highest BCUT2D eigenvalue weighted by Gasteiger charge is 2.18. The zero-order valence-electron chi connectivity index (χ0n) is 15.1. The first kappa shape index (κ1) is 18.8. The molecule has 0 aromatic heterocycles. The Hall–Kier alpha value is -2.53. The van der Waals surface area contributed by atoms with Crippen LogP contribution in [0, 0.1) is 0 Å². The smallest absolute Gasteiger partial charge is 0.323 e. The minimum Gasteiger partial charge on any atom is -0.497 e. The summed E-state index contributed by atoms with van der Waals surface area (Å²) < 4.78 is 15.8. The van der Waals surface area contributed by atoms with Gasteiger partial charge in [0.15, 0.2) is 0 Å². The second-order valence-corrected chi connectivity index (χ2v) is 5.85. The minimum absolute atomic E-state index is 0.00512. The Morgan fingerprint density at radius 2 is 1.64 bits per heavy atom. The lowest BCUT2D eigenvalue weighted by Crippen LogP contribution is -2.37. The van der Waals surface area contributed by atoms with Crippen LogP contribution >= 0.6 is 0 Å². The highest BCUT2D eigenvalue weighted by molar-refractivity contribution is 5.75. The Labute approximate surface area is 148 Å². The molecule has 0 saturated carbocycles. The first-order valence-corrected chi connectivity index (χ1v) is 8.23. The van der Waals surface area contributed by atoms with Gasteiger partial charge in [-0.3, -0.25) is 10.1 Å². The number of hydrogen-bond donors (Lipinski definition) is 1. The standard InChI is InChI=1S/C20H25NO4/c1-14(17-8-6-10-19(12-17)24-4)21-15(2)20(22)25-13-16-7-5-9-18(11-16)23-3/h5-12,14-15,21H,13H2,1-4H3/t14-,15-/m1/s1. The van der Waals surface area contributed by atoms with E-state index in [-0.39, 0.29) is 18.6 Å². The van der Waals surface area contributed by atoms with E-state index in [0.29, 0.717) is 0 Å². The number of carbonyl (C=O) groups excluding carboxylic acids is 1. The number of hydrogen-bond acceptors (Lipinski definition) is 5. The van der Waals surface area contributed by atoms with Crippen molar-refractivity contribution in [3.8, 4) is 11.5 Å². The molecule has 1 N–H and O–H groups in total. The first-order valence-electron chi connectivity index (χ1n) is 8.23. The fraction of sp³-hybridized carbons (Fsp3) is 0.350. The van der Waals surface area contributed by atoms with Gasteiger partial charge in [0.2, 0.25) is 0 Å². The lowest BCUT2D eigenvalue weighted by atomic mass is 10.1. The molecule has 0 saturated heterocycles. The highest BCUT2D eigenvalue weighted by Crippen LogP contribution is 2.19. The van der Waals surface area contributed by atoms with Gasteiger partial charge in [-0.25, -0.2) is 0 Å². The van der Waals surface area contributed by atoms with Crippen LogP contribution in [0.4, 0.5) is 0 Å². The van der Waals surface area contributed by atoms with Crippen molar-refractivity contribution >= 4 is 5.97 Å². The third kappa shape index (κ3) is 5.50. The fourth-order valence-corrected chi connectivity index (χ4v) is 2.49. The highest BCUT2D eigenvalue weighted by atomic mass is 16.5. The van der Waals surface area contributed by atoms with Crippen LogP contribution in [-0.4, -0.2) is 26.2 Å². The van der Waals surface area contributed by atoms with Crippen molar-refractivity contribution < 1.29 is 19.0 Å². The molecule has 0 amide bonds. The second-order valence-electron chi connectivity index (χ2n) is 5.85. The third-order valence-electron chi connectivity index (χ3n) is 3.96. The topological polar surface area (TPSA) is 56.8 Å². The van der Waals surface area contributed by atoms with E-state index in [1.165, 1.54) is 0 Å². The number of carbonyl (C=O) groups is 1. The van der Waals surface area contributed by atoms with Crippen molar-refractivity contribution in [3.63, 3.8) is 0 Å². The third-order valence-corrected chi connectivity index (χ3v) is 3.96. The molecule has 5 heteroatoms. The molecule has 5 nitrogen and oxygen atoms in total. The van der Waals surface area contributed by atoms with Crippen molar-refractivity contribution in [2.45, 2.75) is 32.5 Å². The van der Waals surface area contributed by atoms with Crippen LogP contribution in [0.5, 0.6) is 11.5 Å². The maximum absolute atomic E-state index is 12.2. The summed E-state index contributed by atoms with van der Waals surface area (Å²) in [5.74, 6) is 1.24. The molecule has 0 unspecified atom stereocenters. The lowest BCUT2D eigenvalue weighted by molar-refractivity contribution is -0.147. The van der Waals surface area contributed by atoms with E-state index < -0.39 is 6.04 Å². The van der Waals surface area contributed by atoms with E-state index in [1.807, 2.05) is 55.5 Å². The summed E-state index contributed by atoms with van der Waals surface area (Å²) >= 11 is 0. The number of ether oxygens (including phenoxy) is 3. The van der Waals surface area contributed by atoms with Gasteiger partial charge in [-0.2, -0.15) is 0 Å². The Bertz CT molecular complexity index is 702. The summed E-state index contributed by atoms with van der Waals surface area (Å²) in [4.78, 5) is 12.2. The number of rotatable bonds is 8. The van der Waals surface area contributed by atoms with Crippen LogP contribution in [0.1, 0.15) is 31.0 Å². The van der Waals surface area contributed by atoms with Gasteiger partial charge in [-0.05, 0) is 49.2 Å². The summed E-state index contributed by atoms with van der Waals surface area (Å²) in [6, 6.07) is 14.8. The maximum Gasteiger partial charge on any atom is 0.323 e. The number of benzene rings is 2. The Morgan fingerprint density at radius 3 is 2.32 bits per heavy atom. The predicted octanol–water partition coefficient (Wildman–Crippen LogP) is 3.49. The van der Waals surface area contributed by atoms with Crippen molar-refractivity contribution in [1.82, 2.24) is 5.32 Å². The quantitative estimate of drug-likeness (QED) is 0.744. The SMILES string of the molecule is COc1cccc(COC(=O)[C@@H](C)N[C@H](C)c2cccc(OC)c2)c1. The molecule has 0 fully saturated rings. The van der Waals surface area contributed by atoms with Gasteiger partial charge in [-0.15, -0.1) is 0 Å². The molecule has 2 rings (SSSR count). The van der Waals surface area contributed by atoms with Gasteiger partial charge in [0, 0.05) is 6.04 Å². The van der Waals surface area contributed by atoms with Crippen LogP contribution in [0.15, 0.2) is 48.5 Å². The van der Waals surface area contributed by atoms with Gasteiger partial charge in [0.1, 0.15) is 24.1 Å². The Kier molecular flexibility index (Phi) is 6.83. The summed E-state index contributed by atoms with van der Waals surface area (Å²) in [7, 11) is 3.24. The molecule has 2 atom stereocenters. The average Bonchev–Trinajstić information content (AvgIpc) is 2.66. The van der Waals surface area contributed by atoms with Crippen LogP contribution in [0.25, 0.3) is 0 Å². The zero-order chi connectivity index (χ0) is 18.2.